The maximum absolute atomic E-state index is 13.7. The molecule has 0 amide bonds. The van der Waals surface area contributed by atoms with Crippen molar-refractivity contribution in [1.82, 2.24) is 9.13 Å². The molecule has 0 saturated carbocycles. The molecule has 0 saturated heterocycles. The Labute approximate surface area is 172 Å². The van der Waals surface area contributed by atoms with Crippen LogP contribution in [-0.2, 0) is 36.3 Å². The summed E-state index contributed by atoms with van der Waals surface area (Å²) in [6.07, 6.45) is -4.43. The molecule has 0 atom stereocenters. The molecular weight excluding hydrogens is 429 g/mol. The largest absolute Gasteiger partial charge is 0.418 e. The quantitative estimate of drug-likeness (QED) is 0.518. The Morgan fingerprint density at radius 3 is 2.38 bits per heavy atom. The van der Waals surface area contributed by atoms with Gasteiger partial charge in [0.1, 0.15) is 4.83 Å². The topological polar surface area (TPSA) is 53.2 Å². The van der Waals surface area contributed by atoms with Gasteiger partial charge in [-0.2, -0.15) is 13.2 Å². The number of methoxy groups -OCH3 is 1. The van der Waals surface area contributed by atoms with Crippen LogP contribution >= 0.6 is 22.9 Å². The molecule has 0 N–H and O–H groups in total. The van der Waals surface area contributed by atoms with Crippen LogP contribution in [0.2, 0.25) is 0 Å². The van der Waals surface area contributed by atoms with Crippen LogP contribution in [0.25, 0.3) is 10.2 Å². The summed E-state index contributed by atoms with van der Waals surface area (Å²) < 4.78 is 48.2. The van der Waals surface area contributed by atoms with Crippen LogP contribution in [0, 0.1) is 0 Å². The number of hydrogen-bond donors (Lipinski definition) is 0. The van der Waals surface area contributed by atoms with Crippen molar-refractivity contribution in [2.24, 2.45) is 0 Å². The minimum absolute atomic E-state index is 0.0248. The van der Waals surface area contributed by atoms with Crippen molar-refractivity contribution >= 4 is 33.2 Å². The number of benzene rings is 1. The lowest BCUT2D eigenvalue weighted by atomic mass is 10.1. The van der Waals surface area contributed by atoms with Crippen molar-refractivity contribution in [1.29, 1.82) is 0 Å². The van der Waals surface area contributed by atoms with Gasteiger partial charge in [0, 0.05) is 18.5 Å². The van der Waals surface area contributed by atoms with Crippen molar-refractivity contribution in [2.75, 3.05) is 13.7 Å². The zero-order chi connectivity index (χ0) is 21.2. The minimum Gasteiger partial charge on any atom is -0.383 e. The molecule has 0 fully saturated rings. The number of rotatable bonds is 7. The maximum atomic E-state index is 13.7. The molecule has 3 aromatic rings. The summed E-state index contributed by atoms with van der Waals surface area (Å²) in [6, 6.07) is 9.10. The van der Waals surface area contributed by atoms with Crippen molar-refractivity contribution in [3.8, 4) is 0 Å². The van der Waals surface area contributed by atoms with E-state index in [0.717, 1.165) is 21.5 Å². The Balaban J connectivity index is 2.25. The molecule has 0 aliphatic heterocycles. The highest BCUT2D eigenvalue weighted by Gasteiger charge is 2.39. The first-order valence-corrected chi connectivity index (χ1v) is 10.1. The Kier molecular flexibility index (Phi) is 6.50. The lowest BCUT2D eigenvalue weighted by Gasteiger charge is -2.13. The van der Waals surface area contributed by atoms with Gasteiger partial charge in [0.2, 0.25) is 0 Å². The third-order valence-electron chi connectivity index (χ3n) is 4.52. The fraction of sp³-hybridized carbons (Fsp3) is 0.368. The predicted molar refractivity (Wildman–Crippen MR) is 107 cm³/mol. The lowest BCUT2D eigenvalue weighted by molar-refractivity contribution is -0.136. The van der Waals surface area contributed by atoms with Crippen molar-refractivity contribution in [3.05, 3.63) is 67.2 Å². The summed E-state index contributed by atoms with van der Waals surface area (Å²) in [4.78, 5) is 25.7. The highest BCUT2D eigenvalue weighted by molar-refractivity contribution is 7.19. The van der Waals surface area contributed by atoms with Gasteiger partial charge in [0.05, 0.1) is 30.0 Å². The molecule has 1 aromatic carbocycles. The van der Waals surface area contributed by atoms with Gasteiger partial charge in [-0.3, -0.25) is 13.9 Å². The standard InChI is InChI=1S/C19H18ClF3N2O3S/c1-28-10-9-25-17-14(15(19(21,22)23)13(11-20)29-17)16(26)24(18(25)27)8-7-12-5-3-2-4-6-12/h2-6H,7-11H2,1H3. The second-order valence-electron chi connectivity index (χ2n) is 6.33. The number of ether oxygens (including phenoxy) is 1. The Bertz CT molecular complexity index is 1120. The smallest absolute Gasteiger partial charge is 0.383 e. The van der Waals surface area contributed by atoms with Crippen molar-refractivity contribution < 1.29 is 17.9 Å². The van der Waals surface area contributed by atoms with Crippen LogP contribution in [0.15, 0.2) is 39.9 Å². The van der Waals surface area contributed by atoms with Gasteiger partial charge >= 0.3 is 11.9 Å². The number of nitrogens with zero attached hydrogens (tertiary/aromatic N) is 2. The first kappa shape index (κ1) is 21.6. The summed E-state index contributed by atoms with van der Waals surface area (Å²) in [5.41, 5.74) is -1.80. The highest BCUT2D eigenvalue weighted by atomic mass is 35.5. The van der Waals surface area contributed by atoms with E-state index in [2.05, 4.69) is 0 Å². The molecule has 5 nitrogen and oxygen atoms in total. The summed E-state index contributed by atoms with van der Waals surface area (Å²) in [5.74, 6) is -0.407. The van der Waals surface area contributed by atoms with Crippen LogP contribution in [0.5, 0.6) is 0 Å². The Hall–Kier alpha value is -2.10. The predicted octanol–water partition coefficient (Wildman–Crippen LogP) is 3.87. The normalized spacial score (nSPS) is 12.0. The molecular formula is C19H18ClF3N2O3S. The second kappa shape index (κ2) is 8.73. The molecule has 2 heterocycles. The van der Waals surface area contributed by atoms with Crippen molar-refractivity contribution in [2.45, 2.75) is 31.6 Å². The molecule has 0 bridgehead atoms. The van der Waals surface area contributed by atoms with E-state index in [-0.39, 0.29) is 29.4 Å². The first-order valence-electron chi connectivity index (χ1n) is 8.74. The molecule has 3 rings (SSSR count). The number of fused-ring (bicyclic) bond motifs is 1. The average molecular weight is 447 g/mol. The summed E-state index contributed by atoms with van der Waals surface area (Å²) in [5, 5.41) is -0.512. The van der Waals surface area contributed by atoms with E-state index in [1.54, 1.807) is 0 Å². The van der Waals surface area contributed by atoms with E-state index >= 15 is 0 Å². The van der Waals surface area contributed by atoms with E-state index < -0.39 is 34.3 Å². The van der Waals surface area contributed by atoms with E-state index in [4.69, 9.17) is 16.3 Å². The van der Waals surface area contributed by atoms with Crippen LogP contribution in [0.4, 0.5) is 13.2 Å². The summed E-state index contributed by atoms with van der Waals surface area (Å²) in [6.45, 7) is 0.103. The summed E-state index contributed by atoms with van der Waals surface area (Å²) in [7, 11) is 1.42. The molecule has 2 aromatic heterocycles. The molecule has 0 aliphatic carbocycles. The van der Waals surface area contributed by atoms with Gasteiger partial charge in [-0.05, 0) is 12.0 Å². The van der Waals surface area contributed by atoms with Crippen LogP contribution in [-0.4, -0.2) is 22.9 Å². The van der Waals surface area contributed by atoms with E-state index in [0.29, 0.717) is 6.42 Å². The molecule has 0 aliphatic rings. The van der Waals surface area contributed by atoms with E-state index in [1.165, 1.54) is 11.7 Å². The lowest BCUT2D eigenvalue weighted by Crippen LogP contribution is -2.41. The number of aryl methyl sites for hydroxylation is 1. The van der Waals surface area contributed by atoms with Gasteiger partial charge in [0.25, 0.3) is 5.56 Å². The molecule has 156 valence electrons. The van der Waals surface area contributed by atoms with E-state index in [9.17, 15) is 22.8 Å². The van der Waals surface area contributed by atoms with Crippen molar-refractivity contribution in [3.63, 3.8) is 0 Å². The van der Waals surface area contributed by atoms with Crippen LogP contribution in [0.1, 0.15) is 16.0 Å². The van der Waals surface area contributed by atoms with Crippen LogP contribution in [0.3, 0.4) is 0 Å². The molecule has 0 radical (unpaired) electrons. The summed E-state index contributed by atoms with van der Waals surface area (Å²) >= 11 is 6.45. The first-order chi connectivity index (χ1) is 13.8. The number of alkyl halides is 4. The van der Waals surface area contributed by atoms with Crippen LogP contribution < -0.4 is 11.2 Å². The fourth-order valence-corrected chi connectivity index (χ4v) is 4.64. The SMILES string of the molecule is COCCn1c(=O)n(CCc2ccccc2)c(=O)c2c(C(F)(F)F)c(CCl)sc21. The van der Waals surface area contributed by atoms with Gasteiger partial charge in [-0.15, -0.1) is 22.9 Å². The molecule has 10 heteroatoms. The average Bonchev–Trinajstić information content (AvgIpc) is 3.09. The third kappa shape index (κ3) is 4.26. The van der Waals surface area contributed by atoms with Gasteiger partial charge in [-0.25, -0.2) is 4.79 Å². The fourth-order valence-electron chi connectivity index (χ4n) is 3.16. The monoisotopic (exact) mass is 446 g/mol. The minimum atomic E-state index is -4.76. The Morgan fingerprint density at radius 1 is 1.10 bits per heavy atom. The molecule has 0 spiro atoms. The van der Waals surface area contributed by atoms with Gasteiger partial charge < -0.3 is 4.74 Å². The third-order valence-corrected chi connectivity index (χ3v) is 6.16. The van der Waals surface area contributed by atoms with Gasteiger partial charge in [0.15, 0.2) is 0 Å². The van der Waals surface area contributed by atoms with E-state index in [1.807, 2.05) is 30.3 Å². The zero-order valence-corrected chi connectivity index (χ0v) is 17.0. The molecule has 0 unspecified atom stereocenters. The Morgan fingerprint density at radius 2 is 1.79 bits per heavy atom. The second-order valence-corrected chi connectivity index (χ2v) is 7.68. The van der Waals surface area contributed by atoms with Gasteiger partial charge in [-0.1, -0.05) is 30.3 Å². The zero-order valence-electron chi connectivity index (χ0n) is 15.5. The number of aromatic nitrogens is 2. The maximum Gasteiger partial charge on any atom is 0.418 e. The number of hydrogen-bond acceptors (Lipinski definition) is 4. The number of thiophene rings is 1. The number of halogens is 4. The highest BCUT2D eigenvalue weighted by Crippen LogP contribution is 2.41. The molecule has 29 heavy (non-hydrogen) atoms.